The van der Waals surface area contributed by atoms with E-state index >= 15 is 0 Å². The highest BCUT2D eigenvalue weighted by atomic mass is 32.2. The standard InChI is InChI=1S/C19H20N2O3S/c1-14-10-12-20(13-11-14)19(22)17-4-2-3-5-18(17)25-16-8-6-15(7-9-16)21(23)24/h2-9,14H,10-13H2,1H3. The van der Waals surface area contributed by atoms with Crippen molar-refractivity contribution in [3.63, 3.8) is 0 Å². The zero-order chi connectivity index (χ0) is 17.8. The van der Waals surface area contributed by atoms with E-state index in [0.29, 0.717) is 11.5 Å². The second-order valence-corrected chi connectivity index (χ2v) is 7.44. The highest BCUT2D eigenvalue weighted by Crippen LogP contribution is 2.32. The molecule has 1 amide bonds. The monoisotopic (exact) mass is 356 g/mol. The summed E-state index contributed by atoms with van der Waals surface area (Å²) >= 11 is 1.46. The van der Waals surface area contributed by atoms with Crippen LogP contribution in [0.25, 0.3) is 0 Å². The molecule has 0 bridgehead atoms. The minimum Gasteiger partial charge on any atom is -0.339 e. The van der Waals surface area contributed by atoms with E-state index < -0.39 is 4.92 Å². The minimum absolute atomic E-state index is 0.0659. The second-order valence-electron chi connectivity index (χ2n) is 6.32. The molecule has 0 atom stereocenters. The summed E-state index contributed by atoms with van der Waals surface area (Å²) in [7, 11) is 0. The van der Waals surface area contributed by atoms with Crippen LogP contribution in [-0.2, 0) is 0 Å². The molecule has 5 nitrogen and oxygen atoms in total. The molecule has 0 aliphatic carbocycles. The van der Waals surface area contributed by atoms with Crippen molar-refractivity contribution in [2.45, 2.75) is 29.6 Å². The van der Waals surface area contributed by atoms with Crippen LogP contribution in [0.5, 0.6) is 0 Å². The number of nitrogens with zero attached hydrogens (tertiary/aromatic N) is 2. The lowest BCUT2D eigenvalue weighted by atomic mass is 9.98. The minimum atomic E-state index is -0.413. The molecular weight excluding hydrogens is 336 g/mol. The van der Waals surface area contributed by atoms with Gasteiger partial charge in [-0.2, -0.15) is 0 Å². The van der Waals surface area contributed by atoms with Crippen molar-refractivity contribution >= 4 is 23.4 Å². The lowest BCUT2D eigenvalue weighted by Gasteiger charge is -2.30. The first kappa shape index (κ1) is 17.5. The normalized spacial score (nSPS) is 15.2. The van der Waals surface area contributed by atoms with Crippen LogP contribution in [0.3, 0.4) is 0 Å². The first-order valence-electron chi connectivity index (χ1n) is 8.35. The van der Waals surface area contributed by atoms with E-state index in [0.717, 1.165) is 35.7 Å². The highest BCUT2D eigenvalue weighted by Gasteiger charge is 2.23. The predicted molar refractivity (Wildman–Crippen MR) is 98.0 cm³/mol. The molecule has 0 saturated carbocycles. The van der Waals surface area contributed by atoms with Crippen LogP contribution in [0.4, 0.5) is 5.69 Å². The van der Waals surface area contributed by atoms with Crippen molar-refractivity contribution in [3.05, 3.63) is 64.2 Å². The van der Waals surface area contributed by atoms with Gasteiger partial charge in [-0.25, -0.2) is 0 Å². The summed E-state index contributed by atoms with van der Waals surface area (Å²) in [4.78, 5) is 26.9. The molecule has 1 aliphatic rings. The Morgan fingerprint density at radius 1 is 1.12 bits per heavy atom. The van der Waals surface area contributed by atoms with Gasteiger partial charge in [-0.15, -0.1) is 0 Å². The number of hydrogen-bond donors (Lipinski definition) is 0. The van der Waals surface area contributed by atoms with E-state index in [1.54, 1.807) is 12.1 Å². The van der Waals surface area contributed by atoms with Gasteiger partial charge in [0.05, 0.1) is 10.5 Å². The Morgan fingerprint density at radius 2 is 1.76 bits per heavy atom. The highest BCUT2D eigenvalue weighted by molar-refractivity contribution is 7.99. The molecule has 0 N–H and O–H groups in total. The first-order valence-corrected chi connectivity index (χ1v) is 9.17. The van der Waals surface area contributed by atoms with Gasteiger partial charge in [0.1, 0.15) is 0 Å². The van der Waals surface area contributed by atoms with Gasteiger partial charge in [0.25, 0.3) is 11.6 Å². The summed E-state index contributed by atoms with van der Waals surface area (Å²) in [6.45, 7) is 3.83. The third-order valence-corrected chi connectivity index (χ3v) is 5.55. The largest absolute Gasteiger partial charge is 0.339 e. The fraction of sp³-hybridized carbons (Fsp3) is 0.316. The van der Waals surface area contributed by atoms with Crippen molar-refractivity contribution in [1.82, 2.24) is 4.90 Å². The number of carbonyl (C=O) groups is 1. The first-order chi connectivity index (χ1) is 12.0. The number of likely N-dealkylation sites (tertiary alicyclic amines) is 1. The van der Waals surface area contributed by atoms with Gasteiger partial charge in [-0.3, -0.25) is 14.9 Å². The molecule has 0 unspecified atom stereocenters. The molecule has 25 heavy (non-hydrogen) atoms. The molecular formula is C19H20N2O3S. The van der Waals surface area contributed by atoms with Crippen LogP contribution in [-0.4, -0.2) is 28.8 Å². The van der Waals surface area contributed by atoms with Crippen LogP contribution in [0.2, 0.25) is 0 Å². The number of rotatable bonds is 4. The maximum atomic E-state index is 12.9. The second kappa shape index (κ2) is 7.70. The number of carbonyl (C=O) groups excluding carboxylic acids is 1. The Hall–Kier alpha value is -2.34. The molecule has 2 aromatic carbocycles. The topological polar surface area (TPSA) is 63.5 Å². The predicted octanol–water partition coefficient (Wildman–Crippen LogP) is 4.62. The quantitative estimate of drug-likeness (QED) is 0.592. The molecule has 0 radical (unpaired) electrons. The maximum absolute atomic E-state index is 12.9. The SMILES string of the molecule is CC1CCN(C(=O)c2ccccc2Sc2ccc([N+](=O)[O-])cc2)CC1. The molecule has 130 valence electrons. The molecule has 0 spiro atoms. The summed E-state index contributed by atoms with van der Waals surface area (Å²) in [6.07, 6.45) is 2.09. The fourth-order valence-electron chi connectivity index (χ4n) is 2.88. The zero-order valence-electron chi connectivity index (χ0n) is 14.1. The molecule has 1 saturated heterocycles. The fourth-order valence-corrected chi connectivity index (χ4v) is 3.82. The number of hydrogen-bond acceptors (Lipinski definition) is 4. The summed E-state index contributed by atoms with van der Waals surface area (Å²) in [5.41, 5.74) is 0.761. The van der Waals surface area contributed by atoms with Crippen molar-refractivity contribution < 1.29 is 9.72 Å². The van der Waals surface area contributed by atoms with Crippen LogP contribution >= 0.6 is 11.8 Å². The lowest BCUT2D eigenvalue weighted by Crippen LogP contribution is -2.38. The van der Waals surface area contributed by atoms with Gasteiger partial charge in [-0.05, 0) is 43.0 Å². The molecule has 0 aromatic heterocycles. The van der Waals surface area contributed by atoms with Gasteiger partial charge >= 0.3 is 0 Å². The van der Waals surface area contributed by atoms with Gasteiger partial charge in [0.15, 0.2) is 0 Å². The van der Waals surface area contributed by atoms with Crippen LogP contribution in [0.1, 0.15) is 30.1 Å². The Labute approximate surface area is 151 Å². The molecule has 1 fully saturated rings. The van der Waals surface area contributed by atoms with Crippen LogP contribution in [0.15, 0.2) is 58.3 Å². The van der Waals surface area contributed by atoms with Gasteiger partial charge in [0, 0.05) is 35.0 Å². The third kappa shape index (κ3) is 4.20. The van der Waals surface area contributed by atoms with E-state index in [1.165, 1.54) is 23.9 Å². The summed E-state index contributed by atoms with van der Waals surface area (Å²) in [5.74, 6) is 0.741. The molecule has 3 rings (SSSR count). The van der Waals surface area contributed by atoms with Gasteiger partial charge in [-0.1, -0.05) is 30.8 Å². The van der Waals surface area contributed by atoms with E-state index in [1.807, 2.05) is 29.2 Å². The summed E-state index contributed by atoms with van der Waals surface area (Å²) in [6, 6.07) is 14.0. The number of amides is 1. The van der Waals surface area contributed by atoms with E-state index in [4.69, 9.17) is 0 Å². The number of non-ortho nitro benzene ring substituents is 1. The average Bonchev–Trinajstić information content (AvgIpc) is 2.63. The number of nitro benzene ring substituents is 1. The third-order valence-electron chi connectivity index (χ3n) is 4.46. The van der Waals surface area contributed by atoms with Gasteiger partial charge < -0.3 is 4.90 Å². The number of nitro groups is 1. The van der Waals surface area contributed by atoms with Crippen molar-refractivity contribution in [1.29, 1.82) is 0 Å². The number of benzene rings is 2. The zero-order valence-corrected chi connectivity index (χ0v) is 14.9. The number of piperidine rings is 1. The van der Waals surface area contributed by atoms with Crippen LogP contribution in [0, 0.1) is 16.0 Å². The average molecular weight is 356 g/mol. The Balaban J connectivity index is 1.78. The molecule has 1 aliphatic heterocycles. The smallest absolute Gasteiger partial charge is 0.269 e. The summed E-state index contributed by atoms with van der Waals surface area (Å²) in [5, 5.41) is 10.8. The van der Waals surface area contributed by atoms with E-state index in [2.05, 4.69) is 6.92 Å². The van der Waals surface area contributed by atoms with Crippen LogP contribution < -0.4 is 0 Å². The maximum Gasteiger partial charge on any atom is 0.269 e. The molecule has 1 heterocycles. The van der Waals surface area contributed by atoms with Crippen molar-refractivity contribution in [2.75, 3.05) is 13.1 Å². The Bertz CT molecular complexity index is 768. The molecule has 6 heteroatoms. The Morgan fingerprint density at radius 3 is 2.40 bits per heavy atom. The van der Waals surface area contributed by atoms with Gasteiger partial charge in [0.2, 0.25) is 0 Å². The molecule has 2 aromatic rings. The summed E-state index contributed by atoms with van der Waals surface area (Å²) < 4.78 is 0. The van der Waals surface area contributed by atoms with Crippen molar-refractivity contribution in [3.8, 4) is 0 Å². The Kier molecular flexibility index (Phi) is 5.38. The lowest BCUT2D eigenvalue weighted by molar-refractivity contribution is -0.384. The van der Waals surface area contributed by atoms with E-state index in [9.17, 15) is 14.9 Å². The van der Waals surface area contributed by atoms with E-state index in [-0.39, 0.29) is 11.6 Å². The van der Waals surface area contributed by atoms with Crippen molar-refractivity contribution in [2.24, 2.45) is 5.92 Å².